The number of unbranched alkanes of at least 4 members (excludes halogenated alkanes) is 3. The summed E-state index contributed by atoms with van der Waals surface area (Å²) >= 11 is 0. The van der Waals surface area contributed by atoms with Crippen molar-refractivity contribution in [2.75, 3.05) is 6.61 Å². The van der Waals surface area contributed by atoms with Crippen LogP contribution in [0, 0.1) is 0 Å². The Kier molecular flexibility index (Phi) is 10.9. The van der Waals surface area contributed by atoms with Gasteiger partial charge in [0.2, 0.25) is 0 Å². The van der Waals surface area contributed by atoms with Crippen LogP contribution in [-0.2, 0) is 25.4 Å². The second-order valence-electron chi connectivity index (χ2n) is 4.04. The molecule has 104 valence electrons. The van der Waals surface area contributed by atoms with Crippen LogP contribution < -0.4 is 29.6 Å². The molecule has 0 radical (unpaired) electrons. The minimum atomic E-state index is -3.87. The number of hydrogen-bond acceptors (Lipinski definition) is 4. The summed E-state index contributed by atoms with van der Waals surface area (Å²) in [4.78, 5) is 0. The molecule has 19 heavy (non-hydrogen) atoms. The van der Waals surface area contributed by atoms with Gasteiger partial charge in [0.05, 0.1) is 13.2 Å². The van der Waals surface area contributed by atoms with Crippen LogP contribution in [0.2, 0.25) is 0 Å². The topological polar surface area (TPSA) is 52.6 Å². The summed E-state index contributed by atoms with van der Waals surface area (Å²) in [6.07, 6.45) is 3.91. The Morgan fingerprint density at radius 1 is 1.05 bits per heavy atom. The predicted molar refractivity (Wildman–Crippen MR) is 71.4 cm³/mol. The molecule has 0 aliphatic carbocycles. The van der Waals surface area contributed by atoms with Gasteiger partial charge in [-0.1, -0.05) is 56.5 Å². The SMILES string of the molecule is CCCCCCOS(=O)(=O)OCc1ccccc1.[H-].[Na+]. The Balaban J connectivity index is 0. The van der Waals surface area contributed by atoms with Crippen LogP contribution in [0.4, 0.5) is 0 Å². The van der Waals surface area contributed by atoms with E-state index in [0.717, 1.165) is 31.2 Å². The van der Waals surface area contributed by atoms with Gasteiger partial charge in [-0.25, -0.2) is 8.37 Å². The summed E-state index contributed by atoms with van der Waals surface area (Å²) in [7, 11) is -3.87. The van der Waals surface area contributed by atoms with E-state index >= 15 is 0 Å². The van der Waals surface area contributed by atoms with Crippen LogP contribution in [0.3, 0.4) is 0 Å². The molecule has 0 unspecified atom stereocenters. The molecular formula is C13H21NaO4S. The van der Waals surface area contributed by atoms with E-state index in [1.807, 2.05) is 18.2 Å². The minimum absolute atomic E-state index is 0. The average molecular weight is 296 g/mol. The van der Waals surface area contributed by atoms with E-state index in [1.165, 1.54) is 0 Å². The molecule has 1 aromatic carbocycles. The maximum atomic E-state index is 11.4. The van der Waals surface area contributed by atoms with Gasteiger partial charge >= 0.3 is 40.0 Å². The molecule has 0 saturated carbocycles. The van der Waals surface area contributed by atoms with Gasteiger partial charge in [-0.2, -0.15) is 8.42 Å². The first kappa shape index (κ1) is 19.1. The van der Waals surface area contributed by atoms with Crippen molar-refractivity contribution in [1.29, 1.82) is 0 Å². The zero-order chi connectivity index (χ0) is 13.3. The predicted octanol–water partition coefficient (Wildman–Crippen LogP) is 0.161. The monoisotopic (exact) mass is 296 g/mol. The third kappa shape index (κ3) is 9.60. The first-order chi connectivity index (χ1) is 8.64. The number of benzene rings is 1. The van der Waals surface area contributed by atoms with Crippen molar-refractivity contribution in [3.8, 4) is 0 Å². The quantitative estimate of drug-likeness (QED) is 0.481. The average Bonchev–Trinajstić information content (AvgIpc) is 2.38. The summed E-state index contributed by atoms with van der Waals surface area (Å²) in [5, 5.41) is 0. The molecule has 0 amide bonds. The fourth-order valence-electron chi connectivity index (χ4n) is 1.44. The maximum absolute atomic E-state index is 11.4. The molecule has 0 aromatic heterocycles. The van der Waals surface area contributed by atoms with Crippen LogP contribution in [0.5, 0.6) is 0 Å². The van der Waals surface area contributed by atoms with Crippen LogP contribution in [0.1, 0.15) is 39.6 Å². The Labute approximate surface area is 139 Å². The summed E-state index contributed by atoms with van der Waals surface area (Å²) in [6.45, 7) is 2.30. The molecule has 0 bridgehead atoms. The van der Waals surface area contributed by atoms with Crippen molar-refractivity contribution in [2.45, 2.75) is 39.2 Å². The van der Waals surface area contributed by atoms with Gasteiger partial charge in [-0.05, 0) is 12.0 Å². The van der Waals surface area contributed by atoms with E-state index in [0.29, 0.717) is 0 Å². The molecular weight excluding hydrogens is 275 g/mol. The fourth-order valence-corrected chi connectivity index (χ4v) is 2.11. The third-order valence-corrected chi connectivity index (χ3v) is 3.30. The summed E-state index contributed by atoms with van der Waals surface area (Å²) in [5.74, 6) is 0. The Bertz CT molecular complexity index is 425. The molecule has 0 aliphatic heterocycles. The molecule has 0 atom stereocenters. The molecule has 0 N–H and O–H groups in total. The van der Waals surface area contributed by atoms with E-state index in [4.69, 9.17) is 8.37 Å². The Morgan fingerprint density at radius 3 is 2.37 bits per heavy atom. The second-order valence-corrected chi connectivity index (χ2v) is 5.33. The van der Waals surface area contributed by atoms with Gasteiger partial charge in [0, 0.05) is 0 Å². The summed E-state index contributed by atoms with van der Waals surface area (Å²) in [5.41, 5.74) is 0.802. The molecule has 6 heteroatoms. The van der Waals surface area contributed by atoms with Crippen molar-refractivity contribution in [1.82, 2.24) is 0 Å². The molecule has 0 heterocycles. The molecule has 0 saturated heterocycles. The van der Waals surface area contributed by atoms with Crippen LogP contribution in [0.25, 0.3) is 0 Å². The minimum Gasteiger partial charge on any atom is -1.00 e. The molecule has 4 nitrogen and oxygen atoms in total. The molecule has 0 spiro atoms. The third-order valence-electron chi connectivity index (χ3n) is 2.44. The number of hydrogen-bond donors (Lipinski definition) is 0. The van der Waals surface area contributed by atoms with Gasteiger partial charge in [-0.15, -0.1) is 0 Å². The van der Waals surface area contributed by atoms with Gasteiger partial charge < -0.3 is 1.43 Å². The normalized spacial score (nSPS) is 11.0. The smallest absolute Gasteiger partial charge is 1.00 e. The zero-order valence-corrected chi connectivity index (χ0v) is 14.5. The van der Waals surface area contributed by atoms with Gasteiger partial charge in [0.1, 0.15) is 0 Å². The van der Waals surface area contributed by atoms with Crippen molar-refractivity contribution in [2.24, 2.45) is 0 Å². The van der Waals surface area contributed by atoms with Crippen molar-refractivity contribution < 1.29 is 47.8 Å². The molecule has 0 fully saturated rings. The van der Waals surface area contributed by atoms with E-state index in [2.05, 4.69) is 6.92 Å². The van der Waals surface area contributed by atoms with E-state index in [-0.39, 0.29) is 44.2 Å². The van der Waals surface area contributed by atoms with Crippen molar-refractivity contribution in [3.63, 3.8) is 0 Å². The van der Waals surface area contributed by atoms with Gasteiger partial charge in [-0.3, -0.25) is 0 Å². The van der Waals surface area contributed by atoms with E-state index in [9.17, 15) is 8.42 Å². The first-order valence-electron chi connectivity index (χ1n) is 6.22. The second kappa shape index (κ2) is 10.8. The largest absolute Gasteiger partial charge is 1.00 e. The molecule has 0 aliphatic rings. The number of rotatable bonds is 9. The Hall–Kier alpha value is 0.0900. The van der Waals surface area contributed by atoms with Gasteiger partial charge in [0.15, 0.2) is 0 Å². The fraction of sp³-hybridized carbons (Fsp3) is 0.538. The van der Waals surface area contributed by atoms with Crippen LogP contribution >= 0.6 is 0 Å². The van der Waals surface area contributed by atoms with Crippen molar-refractivity contribution in [3.05, 3.63) is 35.9 Å². The van der Waals surface area contributed by atoms with Gasteiger partial charge in [0.25, 0.3) is 0 Å². The zero-order valence-electron chi connectivity index (χ0n) is 12.7. The van der Waals surface area contributed by atoms with E-state index < -0.39 is 10.4 Å². The standard InChI is InChI=1S/C13H20O4S.Na.H/c1-2-3-4-8-11-16-18(14,15)17-12-13-9-6-5-7-10-13;;/h5-7,9-10H,2-4,8,11-12H2,1H3;;/q;+1;-1. The van der Waals surface area contributed by atoms with E-state index in [1.54, 1.807) is 12.1 Å². The summed E-state index contributed by atoms with van der Waals surface area (Å²) < 4.78 is 32.3. The maximum Gasteiger partial charge on any atom is 1.00 e. The van der Waals surface area contributed by atoms with Crippen LogP contribution in [0.15, 0.2) is 30.3 Å². The molecule has 1 aromatic rings. The Morgan fingerprint density at radius 2 is 1.74 bits per heavy atom. The summed E-state index contributed by atoms with van der Waals surface area (Å²) in [6, 6.07) is 9.13. The van der Waals surface area contributed by atoms with Crippen molar-refractivity contribution >= 4 is 10.4 Å². The first-order valence-corrected chi connectivity index (χ1v) is 7.55. The molecule has 1 rings (SSSR count). The van der Waals surface area contributed by atoms with Crippen LogP contribution in [-0.4, -0.2) is 15.0 Å².